The van der Waals surface area contributed by atoms with Crippen LogP contribution in [0.1, 0.15) is 36.7 Å². The molecule has 0 aliphatic carbocycles. The number of allylic oxidation sites excluding steroid dienone is 1. The zero-order chi connectivity index (χ0) is 25.8. The van der Waals surface area contributed by atoms with E-state index in [1.807, 2.05) is 13.8 Å². The number of aromatic nitrogens is 4. The topological polar surface area (TPSA) is 126 Å². The SMILES string of the molecule is CN=C(/C=C\N)c1nnc(N2CCC(N(C)C(=O)Nc3cnncc3C(F)(F)F)CC2)c(C)c1C.[HH]. The first-order chi connectivity index (χ1) is 16.6. The van der Waals surface area contributed by atoms with E-state index < -0.39 is 23.5 Å². The quantitative estimate of drug-likeness (QED) is 0.613. The lowest BCUT2D eigenvalue weighted by Crippen LogP contribution is -2.47. The van der Waals surface area contributed by atoms with Crippen LogP contribution in [0, 0.1) is 13.8 Å². The largest absolute Gasteiger partial charge is 0.420 e. The first-order valence-corrected chi connectivity index (χ1v) is 10.9. The first kappa shape index (κ1) is 25.8. The molecule has 1 fully saturated rings. The maximum Gasteiger partial charge on any atom is 0.420 e. The molecule has 3 rings (SSSR count). The summed E-state index contributed by atoms with van der Waals surface area (Å²) < 4.78 is 39.5. The predicted molar refractivity (Wildman–Crippen MR) is 128 cm³/mol. The standard InChI is InChI=1S/C22H28F3N9O.H2/c1-13-14(2)20(32-31-19(13)17(27-3)5-8-26)34-9-6-15(7-10-34)33(4)21(35)30-18-12-29-28-11-16(18)22(23,24)25;/h5,8,11-12,15H,6-7,9-10,26H2,1-4H3,(H,28,30,35);1H/b8-5-,27-17?;. The Kier molecular flexibility index (Phi) is 7.87. The maximum atomic E-state index is 13.2. The summed E-state index contributed by atoms with van der Waals surface area (Å²) in [5.41, 5.74) is 7.23. The summed E-state index contributed by atoms with van der Waals surface area (Å²) in [6.45, 7) is 5.14. The van der Waals surface area contributed by atoms with Crippen LogP contribution in [0.5, 0.6) is 0 Å². The van der Waals surface area contributed by atoms with Crippen LogP contribution in [0.15, 0.2) is 29.7 Å². The van der Waals surface area contributed by atoms with E-state index >= 15 is 0 Å². The Morgan fingerprint density at radius 1 is 1.23 bits per heavy atom. The molecule has 3 N–H and O–H groups in total. The van der Waals surface area contributed by atoms with Crippen LogP contribution in [0.2, 0.25) is 0 Å². The highest BCUT2D eigenvalue weighted by Gasteiger charge is 2.35. The molecule has 1 aliphatic rings. The van der Waals surface area contributed by atoms with Gasteiger partial charge < -0.3 is 20.9 Å². The number of hydrogen-bond acceptors (Lipinski definition) is 8. The van der Waals surface area contributed by atoms with Crippen LogP contribution >= 0.6 is 0 Å². The van der Waals surface area contributed by atoms with Crippen LogP contribution in [-0.4, -0.2) is 70.3 Å². The molecule has 2 aromatic heterocycles. The number of nitrogens with two attached hydrogens (primary N) is 1. The fourth-order valence-electron chi connectivity index (χ4n) is 3.97. The predicted octanol–water partition coefficient (Wildman–Crippen LogP) is 3.17. The van der Waals surface area contributed by atoms with Crippen molar-refractivity contribution >= 4 is 23.2 Å². The smallest absolute Gasteiger partial charge is 0.405 e. The molecule has 0 bridgehead atoms. The Bertz CT molecular complexity index is 1130. The highest BCUT2D eigenvalue weighted by Crippen LogP contribution is 2.34. The summed E-state index contributed by atoms with van der Waals surface area (Å²) in [5.74, 6) is 0.752. The van der Waals surface area contributed by atoms with Gasteiger partial charge in [-0.25, -0.2) is 4.79 Å². The molecule has 0 saturated carbocycles. The summed E-state index contributed by atoms with van der Waals surface area (Å²) >= 11 is 0. The molecular formula is C22H30F3N9O. The van der Waals surface area contributed by atoms with E-state index in [0.29, 0.717) is 43.5 Å². The van der Waals surface area contributed by atoms with Crippen LogP contribution < -0.4 is 16.0 Å². The Labute approximate surface area is 202 Å². The molecule has 13 heteroatoms. The van der Waals surface area contributed by atoms with Gasteiger partial charge in [-0.2, -0.15) is 23.4 Å². The molecule has 1 saturated heterocycles. The number of nitrogens with zero attached hydrogens (tertiary/aromatic N) is 7. The van der Waals surface area contributed by atoms with Crippen molar-refractivity contribution in [1.82, 2.24) is 25.3 Å². The van der Waals surface area contributed by atoms with Gasteiger partial charge in [-0.3, -0.25) is 4.99 Å². The van der Waals surface area contributed by atoms with Gasteiger partial charge >= 0.3 is 12.2 Å². The van der Waals surface area contributed by atoms with Crippen molar-refractivity contribution in [2.45, 2.75) is 38.9 Å². The minimum absolute atomic E-state index is 0. The van der Waals surface area contributed by atoms with Gasteiger partial charge in [0, 0.05) is 34.7 Å². The Balaban J connectivity index is 0.00000456. The van der Waals surface area contributed by atoms with Crippen molar-refractivity contribution in [2.75, 3.05) is 37.4 Å². The van der Waals surface area contributed by atoms with Gasteiger partial charge in [0.25, 0.3) is 0 Å². The van der Waals surface area contributed by atoms with Crippen molar-refractivity contribution in [2.24, 2.45) is 10.7 Å². The lowest BCUT2D eigenvalue weighted by molar-refractivity contribution is -0.137. The van der Waals surface area contributed by atoms with Crippen molar-refractivity contribution < 1.29 is 19.4 Å². The lowest BCUT2D eigenvalue weighted by Gasteiger charge is -2.37. The summed E-state index contributed by atoms with van der Waals surface area (Å²) in [7, 11) is 3.23. The Hall–Kier alpha value is -3.77. The highest BCUT2D eigenvalue weighted by atomic mass is 19.4. The Morgan fingerprint density at radius 2 is 1.89 bits per heavy atom. The number of rotatable bonds is 5. The molecular weight excluding hydrogens is 463 g/mol. The minimum Gasteiger partial charge on any atom is -0.405 e. The molecule has 0 radical (unpaired) electrons. The second kappa shape index (κ2) is 10.7. The number of anilines is 2. The van der Waals surface area contributed by atoms with Crippen LogP contribution in [-0.2, 0) is 6.18 Å². The van der Waals surface area contributed by atoms with E-state index in [4.69, 9.17) is 5.73 Å². The average molecular weight is 494 g/mol. The molecule has 1 aliphatic heterocycles. The summed E-state index contributed by atoms with van der Waals surface area (Å²) in [6, 6.07) is -0.796. The average Bonchev–Trinajstić information content (AvgIpc) is 2.84. The van der Waals surface area contributed by atoms with Crippen LogP contribution in [0.3, 0.4) is 0 Å². The molecule has 2 aromatic rings. The van der Waals surface area contributed by atoms with Gasteiger partial charge in [-0.05, 0) is 50.1 Å². The monoisotopic (exact) mass is 493 g/mol. The maximum absolute atomic E-state index is 13.2. The van der Waals surface area contributed by atoms with Crippen molar-refractivity contribution in [3.05, 3.63) is 47.1 Å². The summed E-state index contributed by atoms with van der Waals surface area (Å²) in [5, 5.41) is 17.8. The molecule has 35 heavy (non-hydrogen) atoms. The molecule has 10 nitrogen and oxygen atoms in total. The third-order valence-electron chi connectivity index (χ3n) is 6.15. The zero-order valence-corrected chi connectivity index (χ0v) is 20.0. The normalized spacial score (nSPS) is 15.5. The first-order valence-electron chi connectivity index (χ1n) is 10.9. The van der Waals surface area contributed by atoms with Gasteiger partial charge in [0.05, 0.1) is 23.8 Å². The van der Waals surface area contributed by atoms with Crippen molar-refractivity contribution in [1.29, 1.82) is 0 Å². The van der Waals surface area contributed by atoms with Crippen molar-refractivity contribution in [3.63, 3.8) is 0 Å². The van der Waals surface area contributed by atoms with E-state index in [9.17, 15) is 18.0 Å². The van der Waals surface area contributed by atoms with Gasteiger partial charge in [0.15, 0.2) is 5.82 Å². The molecule has 0 atom stereocenters. The lowest BCUT2D eigenvalue weighted by atomic mass is 10.0. The summed E-state index contributed by atoms with van der Waals surface area (Å²) in [4.78, 5) is 20.4. The molecule has 3 heterocycles. The summed E-state index contributed by atoms with van der Waals surface area (Å²) in [6.07, 6.45) is 1.13. The third kappa shape index (κ3) is 5.66. The number of carbonyl (C=O) groups is 1. The van der Waals surface area contributed by atoms with E-state index in [2.05, 4.69) is 35.6 Å². The number of amides is 2. The van der Waals surface area contributed by atoms with E-state index in [-0.39, 0.29) is 7.47 Å². The number of nitrogens with one attached hydrogen (secondary N) is 1. The fourth-order valence-corrected chi connectivity index (χ4v) is 3.97. The third-order valence-corrected chi connectivity index (χ3v) is 6.15. The van der Waals surface area contributed by atoms with Gasteiger partial charge in [-0.15, -0.1) is 10.2 Å². The number of carbonyl (C=O) groups excluding carboxylic acids is 1. The number of alkyl halides is 3. The van der Waals surface area contributed by atoms with E-state index in [1.54, 1.807) is 20.2 Å². The molecule has 0 spiro atoms. The van der Waals surface area contributed by atoms with Gasteiger partial charge in [0.2, 0.25) is 0 Å². The second-order valence-corrected chi connectivity index (χ2v) is 8.16. The molecule has 190 valence electrons. The zero-order valence-electron chi connectivity index (χ0n) is 20.0. The number of aliphatic imine (C=N–C) groups is 1. The van der Waals surface area contributed by atoms with Crippen molar-refractivity contribution in [3.8, 4) is 0 Å². The number of piperidine rings is 1. The number of halogens is 3. The highest BCUT2D eigenvalue weighted by molar-refractivity contribution is 6.08. The molecule has 2 amide bonds. The molecule has 0 unspecified atom stereocenters. The minimum atomic E-state index is -4.65. The number of urea groups is 1. The fraction of sp³-hybridized carbons (Fsp3) is 0.455. The van der Waals surface area contributed by atoms with Gasteiger partial charge in [0.1, 0.15) is 11.3 Å². The number of hydrogen-bond donors (Lipinski definition) is 2. The molecule has 0 aromatic carbocycles. The Morgan fingerprint density at radius 3 is 2.49 bits per heavy atom. The second-order valence-electron chi connectivity index (χ2n) is 8.16. The van der Waals surface area contributed by atoms with E-state index in [1.165, 1.54) is 11.1 Å². The van der Waals surface area contributed by atoms with Crippen LogP contribution in [0.25, 0.3) is 0 Å². The van der Waals surface area contributed by atoms with E-state index in [0.717, 1.165) is 23.1 Å². The van der Waals surface area contributed by atoms with Crippen LogP contribution in [0.4, 0.5) is 29.5 Å². The van der Waals surface area contributed by atoms with Gasteiger partial charge in [-0.1, -0.05) is 0 Å².